The van der Waals surface area contributed by atoms with E-state index in [2.05, 4.69) is 15.7 Å². The number of rotatable bonds is 6. The SMILES string of the molecule is CCOC(=O)c1c(NC(=S)Nc2c(C)nn(Cc3c(F)cccc3Cl)c2C)sc2c1CCCCC2. The first-order valence-corrected chi connectivity index (χ1v) is 13.3. The van der Waals surface area contributed by atoms with Crippen molar-refractivity contribution in [1.82, 2.24) is 9.78 Å². The molecule has 35 heavy (non-hydrogen) atoms. The number of anilines is 2. The van der Waals surface area contributed by atoms with Gasteiger partial charge in [0, 0.05) is 15.5 Å². The van der Waals surface area contributed by atoms with Crippen LogP contribution in [0.1, 0.15) is 63.9 Å². The van der Waals surface area contributed by atoms with Crippen LogP contribution in [-0.4, -0.2) is 27.5 Å². The van der Waals surface area contributed by atoms with E-state index in [-0.39, 0.29) is 18.3 Å². The largest absolute Gasteiger partial charge is 0.462 e. The minimum Gasteiger partial charge on any atom is -0.462 e. The molecule has 0 atom stereocenters. The summed E-state index contributed by atoms with van der Waals surface area (Å²) in [4.78, 5) is 14.0. The Bertz CT molecular complexity index is 1250. The zero-order valence-corrected chi connectivity index (χ0v) is 22.4. The zero-order valence-electron chi connectivity index (χ0n) is 20.0. The number of thiocarbonyl (C=S) groups is 1. The maximum atomic E-state index is 14.3. The molecule has 0 unspecified atom stereocenters. The van der Waals surface area contributed by atoms with Crippen LogP contribution < -0.4 is 10.6 Å². The molecule has 2 aromatic heterocycles. The summed E-state index contributed by atoms with van der Waals surface area (Å²) in [6.45, 7) is 6.06. The highest BCUT2D eigenvalue weighted by molar-refractivity contribution is 7.80. The minimum atomic E-state index is -0.374. The van der Waals surface area contributed by atoms with Crippen LogP contribution in [0.5, 0.6) is 0 Å². The van der Waals surface area contributed by atoms with Crippen molar-refractivity contribution in [2.45, 2.75) is 59.4 Å². The Morgan fingerprint density at radius 1 is 1.26 bits per heavy atom. The summed E-state index contributed by atoms with van der Waals surface area (Å²) in [6, 6.07) is 4.62. The van der Waals surface area contributed by atoms with Gasteiger partial charge >= 0.3 is 5.97 Å². The number of carbonyl (C=O) groups excluding carboxylic acids is 1. The number of aromatic nitrogens is 2. The van der Waals surface area contributed by atoms with Crippen molar-refractivity contribution >= 4 is 56.9 Å². The molecule has 0 radical (unpaired) electrons. The van der Waals surface area contributed by atoms with Crippen molar-refractivity contribution in [3.8, 4) is 0 Å². The maximum absolute atomic E-state index is 14.3. The van der Waals surface area contributed by atoms with Gasteiger partial charge in [0.05, 0.1) is 35.8 Å². The fourth-order valence-corrected chi connectivity index (χ4v) is 6.14. The molecule has 1 aliphatic carbocycles. The molecule has 0 bridgehead atoms. The number of aryl methyl sites for hydroxylation is 2. The molecule has 3 aromatic rings. The van der Waals surface area contributed by atoms with Gasteiger partial charge in [0.2, 0.25) is 0 Å². The number of ether oxygens (including phenoxy) is 1. The molecule has 1 aliphatic rings. The van der Waals surface area contributed by atoms with Gasteiger partial charge < -0.3 is 15.4 Å². The van der Waals surface area contributed by atoms with E-state index in [1.807, 2.05) is 13.8 Å². The Labute approximate surface area is 218 Å². The summed E-state index contributed by atoms with van der Waals surface area (Å²) in [5.41, 5.74) is 4.29. The summed E-state index contributed by atoms with van der Waals surface area (Å²) >= 11 is 13.4. The summed E-state index contributed by atoms with van der Waals surface area (Å²) in [5.74, 6) is -0.695. The summed E-state index contributed by atoms with van der Waals surface area (Å²) < 4.78 is 21.4. The van der Waals surface area contributed by atoms with E-state index < -0.39 is 0 Å². The molecule has 0 spiro atoms. The molecule has 186 valence electrons. The first-order valence-electron chi connectivity index (χ1n) is 11.7. The van der Waals surface area contributed by atoms with E-state index in [1.165, 1.54) is 10.9 Å². The van der Waals surface area contributed by atoms with Gasteiger partial charge in [0.25, 0.3) is 0 Å². The van der Waals surface area contributed by atoms with Crippen molar-refractivity contribution in [3.63, 3.8) is 0 Å². The number of carbonyl (C=O) groups is 1. The number of nitrogens with zero attached hydrogens (tertiary/aromatic N) is 2. The number of hydrogen-bond acceptors (Lipinski definition) is 5. The Hall–Kier alpha value is -2.49. The van der Waals surface area contributed by atoms with Gasteiger partial charge in [-0.3, -0.25) is 4.68 Å². The van der Waals surface area contributed by atoms with Crippen LogP contribution in [0.3, 0.4) is 0 Å². The number of halogens is 2. The quantitative estimate of drug-likeness (QED) is 0.209. The molecule has 4 rings (SSSR count). The molecular weight excluding hydrogens is 507 g/mol. The normalized spacial score (nSPS) is 13.2. The van der Waals surface area contributed by atoms with Crippen LogP contribution in [-0.2, 0) is 24.1 Å². The third kappa shape index (κ3) is 5.52. The van der Waals surface area contributed by atoms with Crippen LogP contribution in [0.4, 0.5) is 15.1 Å². The van der Waals surface area contributed by atoms with Crippen LogP contribution in [0.2, 0.25) is 5.02 Å². The van der Waals surface area contributed by atoms with Crippen LogP contribution in [0.15, 0.2) is 18.2 Å². The van der Waals surface area contributed by atoms with Crippen molar-refractivity contribution in [2.24, 2.45) is 0 Å². The highest BCUT2D eigenvalue weighted by Gasteiger charge is 2.26. The molecule has 10 heteroatoms. The average Bonchev–Trinajstić information content (AvgIpc) is 3.16. The van der Waals surface area contributed by atoms with Gasteiger partial charge in [-0.15, -0.1) is 11.3 Å². The van der Waals surface area contributed by atoms with Crippen molar-refractivity contribution in [1.29, 1.82) is 0 Å². The molecule has 0 fully saturated rings. The lowest BCUT2D eigenvalue weighted by Gasteiger charge is -2.12. The Kier molecular flexibility index (Phi) is 8.09. The third-order valence-corrected chi connectivity index (χ3v) is 7.88. The van der Waals surface area contributed by atoms with E-state index >= 15 is 0 Å². The van der Waals surface area contributed by atoms with Crippen molar-refractivity contribution in [2.75, 3.05) is 17.2 Å². The first kappa shape index (κ1) is 25.6. The number of nitrogens with one attached hydrogen (secondary N) is 2. The number of fused-ring (bicyclic) bond motifs is 1. The molecular formula is C25H28ClFN4O2S2. The lowest BCUT2D eigenvalue weighted by Crippen LogP contribution is -2.21. The Morgan fingerprint density at radius 3 is 2.77 bits per heavy atom. The molecule has 2 heterocycles. The van der Waals surface area contributed by atoms with Crippen molar-refractivity contribution < 1.29 is 13.9 Å². The Balaban J connectivity index is 1.56. The lowest BCUT2D eigenvalue weighted by molar-refractivity contribution is 0.0527. The van der Waals surface area contributed by atoms with Gasteiger partial charge in [-0.05, 0) is 76.4 Å². The van der Waals surface area contributed by atoms with Crippen LogP contribution in [0, 0.1) is 19.7 Å². The highest BCUT2D eigenvalue weighted by atomic mass is 35.5. The van der Waals surface area contributed by atoms with Crippen LogP contribution >= 0.6 is 35.2 Å². The van der Waals surface area contributed by atoms with E-state index in [1.54, 1.807) is 35.1 Å². The fraction of sp³-hybridized carbons (Fsp3) is 0.400. The topological polar surface area (TPSA) is 68.2 Å². The second kappa shape index (κ2) is 11.1. The molecule has 6 nitrogen and oxygen atoms in total. The predicted molar refractivity (Wildman–Crippen MR) is 144 cm³/mol. The predicted octanol–water partition coefficient (Wildman–Crippen LogP) is 6.66. The monoisotopic (exact) mass is 534 g/mol. The second-order valence-corrected chi connectivity index (χ2v) is 10.4. The minimum absolute atomic E-state index is 0.199. The van der Waals surface area contributed by atoms with Gasteiger partial charge in [0.1, 0.15) is 10.8 Å². The molecule has 0 aliphatic heterocycles. The van der Waals surface area contributed by atoms with Gasteiger partial charge in [0.15, 0.2) is 5.11 Å². The molecule has 2 N–H and O–H groups in total. The number of esters is 1. The molecule has 1 aromatic carbocycles. The summed E-state index contributed by atoms with van der Waals surface area (Å²) in [6.07, 6.45) is 5.15. The summed E-state index contributed by atoms with van der Waals surface area (Å²) in [5, 5.41) is 12.4. The van der Waals surface area contributed by atoms with Gasteiger partial charge in [-0.1, -0.05) is 24.1 Å². The number of benzene rings is 1. The summed E-state index contributed by atoms with van der Waals surface area (Å²) in [7, 11) is 0. The zero-order chi connectivity index (χ0) is 25.1. The van der Waals surface area contributed by atoms with Crippen molar-refractivity contribution in [3.05, 3.63) is 62.0 Å². The standard InChI is InChI=1S/C25H28ClFN4O2S2/c1-4-33-24(32)21-16-9-6-5-7-12-20(16)35-23(21)29-25(34)28-22-14(2)30-31(15(22)3)13-17-18(26)10-8-11-19(17)27/h8,10-11H,4-7,9,12-13H2,1-3H3,(H2,28,29,34). The first-order chi connectivity index (χ1) is 16.8. The lowest BCUT2D eigenvalue weighted by atomic mass is 10.1. The van der Waals surface area contributed by atoms with Crippen LogP contribution in [0.25, 0.3) is 0 Å². The smallest absolute Gasteiger partial charge is 0.341 e. The van der Waals surface area contributed by atoms with Gasteiger partial charge in [-0.2, -0.15) is 5.10 Å². The van der Waals surface area contributed by atoms with E-state index in [9.17, 15) is 9.18 Å². The molecule has 0 saturated heterocycles. The molecule has 0 saturated carbocycles. The van der Waals surface area contributed by atoms with Gasteiger partial charge in [-0.25, -0.2) is 9.18 Å². The van der Waals surface area contributed by atoms with E-state index in [0.717, 1.165) is 49.0 Å². The Morgan fingerprint density at radius 2 is 2.03 bits per heavy atom. The fourth-order valence-electron chi connectivity index (χ4n) is 4.36. The number of hydrogen-bond donors (Lipinski definition) is 2. The highest BCUT2D eigenvalue weighted by Crippen LogP contribution is 2.38. The average molecular weight is 535 g/mol. The molecule has 0 amide bonds. The maximum Gasteiger partial charge on any atom is 0.341 e. The van der Waals surface area contributed by atoms with E-state index in [4.69, 9.17) is 28.6 Å². The van der Waals surface area contributed by atoms with E-state index in [0.29, 0.717) is 38.6 Å². The number of thiophene rings is 1. The second-order valence-electron chi connectivity index (χ2n) is 8.47. The third-order valence-electron chi connectivity index (χ3n) is 6.12.